The minimum Gasteiger partial charge on any atom is -0.391 e. The van der Waals surface area contributed by atoms with E-state index in [4.69, 9.17) is 40.3 Å². The summed E-state index contributed by atoms with van der Waals surface area (Å²) >= 11 is 6.07. The average Bonchev–Trinajstić information content (AvgIpc) is 3.42. The Balaban J connectivity index is 2.01. The van der Waals surface area contributed by atoms with Crippen molar-refractivity contribution in [2.45, 2.75) is 145 Å². The number of nitrogens with one attached hydrogen (secondary N) is 10. The number of aliphatic hydroxyl groups is 2. The number of benzene rings is 2. The molecule has 0 aromatic heterocycles. The Morgan fingerprint density at radius 2 is 1.16 bits per heavy atom. The van der Waals surface area contributed by atoms with Crippen molar-refractivity contribution in [1.82, 2.24) is 53.2 Å². The largest absolute Gasteiger partial charge is 0.391 e. The molecule has 0 spiro atoms. The molecule has 0 radical (unpaired) electrons. The van der Waals surface area contributed by atoms with Gasteiger partial charge in [0.2, 0.25) is 59.1 Å². The van der Waals surface area contributed by atoms with Gasteiger partial charge in [0.15, 0.2) is 0 Å². The zero-order valence-corrected chi connectivity index (χ0v) is 48.8. The van der Waals surface area contributed by atoms with E-state index < -0.39 is 151 Å². The molecule has 27 nitrogen and oxygen atoms in total. The van der Waals surface area contributed by atoms with Crippen LogP contribution in [0, 0.1) is 5.92 Å². The van der Waals surface area contributed by atoms with Crippen molar-refractivity contribution in [2.24, 2.45) is 34.6 Å². The van der Waals surface area contributed by atoms with E-state index in [1.807, 2.05) is 6.07 Å². The van der Waals surface area contributed by atoms with Gasteiger partial charge in [-0.1, -0.05) is 89.5 Å². The molecule has 30 heteroatoms. The first kappa shape index (κ1) is 70.1. The zero-order valence-electron chi connectivity index (χ0n) is 46.5. The maximum atomic E-state index is 14.4. The topological polar surface area (TPSA) is 462 Å². The molecule has 12 atom stereocenters. The highest BCUT2D eigenvalue weighted by molar-refractivity contribution is 8.76. The van der Waals surface area contributed by atoms with Gasteiger partial charge in [-0.3, -0.25) is 47.9 Å². The molecule has 1 heterocycles. The summed E-state index contributed by atoms with van der Waals surface area (Å²) in [6.45, 7) is 4.49. The van der Waals surface area contributed by atoms with Crippen molar-refractivity contribution >= 4 is 92.3 Å². The van der Waals surface area contributed by atoms with Crippen LogP contribution in [0.2, 0.25) is 5.02 Å². The second-order valence-electron chi connectivity index (χ2n) is 20.0. The fraction of sp³-hybridized carbons (Fsp3) is 0.577. The van der Waals surface area contributed by atoms with Crippen molar-refractivity contribution in [3.63, 3.8) is 0 Å². The lowest BCUT2D eigenvalue weighted by Crippen LogP contribution is -2.62. The van der Waals surface area contributed by atoms with Gasteiger partial charge in [-0.15, -0.1) is 0 Å². The number of aliphatic hydroxyl groups excluding tert-OH is 2. The van der Waals surface area contributed by atoms with Gasteiger partial charge < -0.3 is 92.0 Å². The summed E-state index contributed by atoms with van der Waals surface area (Å²) < 4.78 is 0. The Hall–Kier alpha value is -6.15. The van der Waals surface area contributed by atoms with Gasteiger partial charge in [0, 0.05) is 36.0 Å². The second-order valence-corrected chi connectivity index (χ2v) is 23.0. The molecule has 1 aliphatic rings. The summed E-state index contributed by atoms with van der Waals surface area (Å²) in [7, 11) is 2.70. The lowest BCUT2D eigenvalue weighted by Gasteiger charge is -2.28. The first-order chi connectivity index (χ1) is 38.9. The Bertz CT molecular complexity index is 2450. The van der Waals surface area contributed by atoms with Crippen LogP contribution in [0.25, 0.3) is 0 Å². The third-order valence-electron chi connectivity index (χ3n) is 12.7. The van der Waals surface area contributed by atoms with Crippen LogP contribution in [0.4, 0.5) is 0 Å². The van der Waals surface area contributed by atoms with E-state index in [2.05, 4.69) is 53.2 Å². The number of halogens is 1. The number of hydrogen-bond acceptors (Lipinski definition) is 19. The Morgan fingerprint density at radius 1 is 0.634 bits per heavy atom. The average molecular weight is 1210 g/mol. The van der Waals surface area contributed by atoms with Crippen molar-refractivity contribution in [3.8, 4) is 0 Å². The van der Waals surface area contributed by atoms with Crippen molar-refractivity contribution in [2.75, 3.05) is 38.5 Å². The highest BCUT2D eigenvalue weighted by Crippen LogP contribution is 2.27. The molecule has 0 aliphatic carbocycles. The summed E-state index contributed by atoms with van der Waals surface area (Å²) in [5, 5.41) is 47.1. The molecule has 2 aromatic carbocycles. The highest BCUT2D eigenvalue weighted by Gasteiger charge is 2.37. The molecule has 0 unspecified atom stereocenters. The zero-order chi connectivity index (χ0) is 61.1. The quantitative estimate of drug-likeness (QED) is 0.0348. The molecule has 0 bridgehead atoms. The smallest absolute Gasteiger partial charge is 0.245 e. The van der Waals surface area contributed by atoms with E-state index in [0.717, 1.165) is 5.56 Å². The first-order valence-electron chi connectivity index (χ1n) is 26.9. The van der Waals surface area contributed by atoms with E-state index in [9.17, 15) is 58.2 Å². The van der Waals surface area contributed by atoms with Crippen LogP contribution in [-0.4, -0.2) is 180 Å². The molecule has 1 aliphatic heterocycles. The van der Waals surface area contributed by atoms with Gasteiger partial charge in [0.1, 0.15) is 54.4 Å². The molecule has 1 saturated heterocycles. The van der Waals surface area contributed by atoms with Crippen LogP contribution >= 0.6 is 33.2 Å². The third kappa shape index (κ3) is 24.0. The molecular weight excluding hydrogens is 1130 g/mol. The number of nitrogens with two attached hydrogens (primary N) is 5. The molecule has 22 N–H and O–H groups in total. The van der Waals surface area contributed by atoms with Crippen molar-refractivity contribution in [1.29, 1.82) is 0 Å². The standard InChI is InChI=1S/C52H82ClN15O12S2/c1-27(2)21-38-48(76)62-34(13-17-54)44(72)61-36(15-19-56)47(75)68-41(28(3)69)51(79)59-20-16-37(46(74)60-35(14-18-55)45(73)65-39(49(77)64-38)23-30-9-6-5-7-10-30)63-50(78)40(24-57)66-52(80)42(29(4)70)67-43(71)33(58)26-82-81-25-31-11-8-12-32(53)22-31/h5-12,22,27-29,33-42,69-70H,13-21,23-26,54-58H2,1-4H3,(H,59,79)(H,60,74)(H,61,72)(H,62,76)(H,63,78)(H,64,77)(H,65,73)(H,66,80)(H,67,71)(H,68,75)/t28-,29-,33-,34+,35+,36+,37+,38+,39-,40-,41+,42+/m1/s1. The molecular formula is C52H82ClN15O12S2. The minimum absolute atomic E-state index is 0.0492. The Labute approximate surface area is 489 Å². The highest BCUT2D eigenvalue weighted by atomic mass is 35.5. The van der Waals surface area contributed by atoms with Gasteiger partial charge in [-0.2, -0.15) is 0 Å². The molecule has 10 amide bonds. The summed E-state index contributed by atoms with van der Waals surface area (Å²) in [5.41, 5.74) is 31.3. The second kappa shape index (κ2) is 36.4. The van der Waals surface area contributed by atoms with Gasteiger partial charge in [0.05, 0.1) is 18.2 Å². The third-order valence-corrected chi connectivity index (χ3v) is 15.3. The van der Waals surface area contributed by atoms with E-state index in [1.54, 1.807) is 62.4 Å². The minimum atomic E-state index is -1.68. The summed E-state index contributed by atoms with van der Waals surface area (Å²) in [6.07, 6.45) is -4.13. The maximum Gasteiger partial charge on any atom is 0.245 e. The van der Waals surface area contributed by atoms with Crippen LogP contribution in [-0.2, 0) is 60.1 Å². The van der Waals surface area contributed by atoms with E-state index in [1.165, 1.54) is 35.4 Å². The first-order valence-corrected chi connectivity index (χ1v) is 29.8. The molecule has 1 fully saturated rings. The number of hydrogen-bond donors (Lipinski definition) is 17. The van der Waals surface area contributed by atoms with E-state index >= 15 is 0 Å². The van der Waals surface area contributed by atoms with Gasteiger partial charge in [0.25, 0.3) is 0 Å². The molecule has 2 aromatic rings. The van der Waals surface area contributed by atoms with Crippen molar-refractivity contribution < 1.29 is 58.2 Å². The molecule has 82 heavy (non-hydrogen) atoms. The predicted molar refractivity (Wildman–Crippen MR) is 311 cm³/mol. The number of amides is 10. The Kier molecular flexibility index (Phi) is 31.2. The van der Waals surface area contributed by atoms with Crippen LogP contribution in [0.5, 0.6) is 0 Å². The van der Waals surface area contributed by atoms with E-state index in [0.29, 0.717) is 16.3 Å². The van der Waals surface area contributed by atoms with Gasteiger partial charge >= 0.3 is 0 Å². The van der Waals surface area contributed by atoms with Gasteiger partial charge in [-0.25, -0.2) is 0 Å². The van der Waals surface area contributed by atoms with Crippen molar-refractivity contribution in [3.05, 3.63) is 70.7 Å². The SMILES string of the molecule is CC(C)C[C@@H]1NC(=O)[C@@H](Cc2ccccc2)NC(=O)[C@H](CCN)NC(=O)[C@@H](NC(=O)[C@@H](CN)NC(=O)[C@@H](NC(=O)[C@H](N)CSSCc2cccc(Cl)c2)[C@@H](C)O)CCNC(=O)[C@H]([C@@H](C)O)NC(=O)[C@H](CCN)NC(=O)[C@H](CCN)NC1=O. The summed E-state index contributed by atoms with van der Waals surface area (Å²) in [6, 6.07) is 1.06. The normalized spacial score (nSPS) is 22.9. The lowest BCUT2D eigenvalue weighted by atomic mass is 10.00. The molecule has 456 valence electrons. The predicted octanol–water partition coefficient (Wildman–Crippen LogP) is -4.51. The summed E-state index contributed by atoms with van der Waals surface area (Å²) in [4.78, 5) is 140. The van der Waals surface area contributed by atoms with E-state index in [-0.39, 0.29) is 63.4 Å². The lowest BCUT2D eigenvalue weighted by molar-refractivity contribution is -0.136. The van der Waals surface area contributed by atoms with Gasteiger partial charge in [-0.05, 0) is 94.8 Å². The molecule has 3 rings (SSSR count). The maximum absolute atomic E-state index is 14.4. The fourth-order valence-corrected chi connectivity index (χ4v) is 10.6. The fourth-order valence-electron chi connectivity index (χ4n) is 8.17. The Morgan fingerprint density at radius 3 is 1.70 bits per heavy atom. The monoisotopic (exact) mass is 1210 g/mol. The van der Waals surface area contributed by atoms with Crippen LogP contribution in [0.1, 0.15) is 70.9 Å². The van der Waals surface area contributed by atoms with Crippen LogP contribution in [0.3, 0.4) is 0 Å². The number of rotatable bonds is 24. The molecule has 0 saturated carbocycles. The summed E-state index contributed by atoms with van der Waals surface area (Å²) in [5.74, 6) is -8.83. The number of carbonyl (C=O) groups excluding carboxylic acids is 10. The van der Waals surface area contributed by atoms with Crippen LogP contribution in [0.15, 0.2) is 54.6 Å². The van der Waals surface area contributed by atoms with Crippen LogP contribution < -0.4 is 81.8 Å². The number of carbonyl (C=O) groups is 10.